The molecule has 0 spiro atoms. The Morgan fingerprint density at radius 3 is 2.52 bits per heavy atom. The number of nitrogens with zero attached hydrogens (tertiary/aromatic N) is 2. The Labute approximate surface area is 129 Å². The number of hydrogen-bond donors (Lipinski definition) is 4. The lowest BCUT2D eigenvalue weighted by atomic mass is 10.1. The smallest absolute Gasteiger partial charge is 0.203 e. The molecule has 21 heavy (non-hydrogen) atoms. The van der Waals surface area contributed by atoms with Crippen LogP contribution in [0.5, 0.6) is 0 Å². The van der Waals surface area contributed by atoms with Crippen molar-refractivity contribution in [1.29, 1.82) is 0 Å². The molecule has 1 aromatic heterocycles. The van der Waals surface area contributed by atoms with Gasteiger partial charge in [-0.3, -0.25) is 4.57 Å². The maximum atomic E-state index is 10.1. The molecule has 0 aliphatic carbocycles. The molecular formula is C12H13Cl2N3O4. The summed E-state index contributed by atoms with van der Waals surface area (Å²) in [5, 5.41) is 29.7. The van der Waals surface area contributed by atoms with Gasteiger partial charge in [0.15, 0.2) is 6.23 Å². The summed E-state index contributed by atoms with van der Waals surface area (Å²) in [6.45, 7) is -0.423. The van der Waals surface area contributed by atoms with Crippen LogP contribution >= 0.6 is 23.2 Å². The molecule has 3 rings (SSSR count). The number of nitrogen functional groups attached to an aromatic ring is 1. The van der Waals surface area contributed by atoms with Gasteiger partial charge in [-0.25, -0.2) is 4.98 Å². The zero-order valence-electron chi connectivity index (χ0n) is 10.6. The van der Waals surface area contributed by atoms with Crippen molar-refractivity contribution in [2.75, 3.05) is 12.3 Å². The van der Waals surface area contributed by atoms with Crippen LogP contribution in [0.1, 0.15) is 6.23 Å². The second-order valence-electron chi connectivity index (χ2n) is 4.82. The number of rotatable bonds is 2. The summed E-state index contributed by atoms with van der Waals surface area (Å²) < 4.78 is 6.87. The van der Waals surface area contributed by atoms with E-state index in [1.807, 2.05) is 0 Å². The van der Waals surface area contributed by atoms with E-state index < -0.39 is 31.1 Å². The molecule has 9 heteroatoms. The maximum absolute atomic E-state index is 10.1. The van der Waals surface area contributed by atoms with Crippen LogP contribution in [0, 0.1) is 0 Å². The molecular weight excluding hydrogens is 321 g/mol. The second-order valence-corrected chi connectivity index (χ2v) is 5.64. The van der Waals surface area contributed by atoms with Crippen LogP contribution in [0.4, 0.5) is 5.95 Å². The zero-order chi connectivity index (χ0) is 15.3. The Morgan fingerprint density at radius 1 is 1.24 bits per heavy atom. The largest absolute Gasteiger partial charge is 0.394 e. The van der Waals surface area contributed by atoms with Gasteiger partial charge in [0.1, 0.15) is 18.3 Å². The summed E-state index contributed by atoms with van der Waals surface area (Å²) in [6, 6.07) is 3.10. The molecule has 4 atom stereocenters. The first-order chi connectivity index (χ1) is 9.93. The normalized spacial score (nSPS) is 29.4. The zero-order valence-corrected chi connectivity index (χ0v) is 12.2. The van der Waals surface area contributed by atoms with Gasteiger partial charge in [-0.15, -0.1) is 0 Å². The van der Waals surface area contributed by atoms with E-state index in [2.05, 4.69) is 4.98 Å². The van der Waals surface area contributed by atoms with Crippen LogP contribution in [0.2, 0.25) is 10.0 Å². The van der Waals surface area contributed by atoms with Crippen LogP contribution in [0.15, 0.2) is 12.1 Å². The second kappa shape index (κ2) is 5.28. The lowest BCUT2D eigenvalue weighted by molar-refractivity contribution is -0.0498. The van der Waals surface area contributed by atoms with Gasteiger partial charge < -0.3 is 25.8 Å². The predicted octanol–water partition coefficient (Wildman–Crippen LogP) is 0.537. The van der Waals surface area contributed by atoms with Crippen molar-refractivity contribution in [3.8, 4) is 0 Å². The molecule has 1 aromatic carbocycles. The average molecular weight is 334 g/mol. The lowest BCUT2D eigenvalue weighted by Crippen LogP contribution is -2.33. The first kappa shape index (κ1) is 14.8. The topological polar surface area (TPSA) is 114 Å². The third kappa shape index (κ3) is 2.26. The number of benzene rings is 1. The minimum absolute atomic E-state index is 0.0816. The number of aromatic nitrogens is 2. The first-order valence-electron chi connectivity index (χ1n) is 6.19. The molecule has 5 N–H and O–H groups in total. The van der Waals surface area contributed by atoms with Gasteiger partial charge in [0, 0.05) is 0 Å². The quantitative estimate of drug-likeness (QED) is 0.637. The summed E-state index contributed by atoms with van der Waals surface area (Å²) in [5.74, 6) is 0.0816. The van der Waals surface area contributed by atoms with E-state index in [-0.39, 0.29) is 5.95 Å². The van der Waals surface area contributed by atoms with Crippen molar-refractivity contribution < 1.29 is 20.1 Å². The summed E-state index contributed by atoms with van der Waals surface area (Å²) in [4.78, 5) is 4.13. The number of aliphatic hydroxyl groups is 3. The Balaban J connectivity index is 2.12. The molecule has 2 heterocycles. The summed E-state index contributed by atoms with van der Waals surface area (Å²) in [7, 11) is 0. The van der Waals surface area contributed by atoms with E-state index in [0.29, 0.717) is 21.1 Å². The SMILES string of the molecule is Nc1nc2cc(Cl)c(Cl)cc2n1C1O[C@H](CO)[C@@H](O)[C@H]1O. The van der Waals surface area contributed by atoms with Gasteiger partial charge >= 0.3 is 0 Å². The fourth-order valence-electron chi connectivity index (χ4n) is 2.47. The molecule has 1 unspecified atom stereocenters. The highest BCUT2D eigenvalue weighted by molar-refractivity contribution is 6.42. The van der Waals surface area contributed by atoms with Crippen molar-refractivity contribution in [1.82, 2.24) is 9.55 Å². The minimum atomic E-state index is -1.25. The van der Waals surface area contributed by atoms with E-state index >= 15 is 0 Å². The van der Waals surface area contributed by atoms with Gasteiger partial charge in [-0.1, -0.05) is 23.2 Å². The Kier molecular flexibility index (Phi) is 3.73. The van der Waals surface area contributed by atoms with Crippen molar-refractivity contribution in [2.45, 2.75) is 24.5 Å². The molecule has 0 radical (unpaired) electrons. The van der Waals surface area contributed by atoms with Crippen LogP contribution < -0.4 is 5.73 Å². The van der Waals surface area contributed by atoms with E-state index in [9.17, 15) is 10.2 Å². The number of imidazole rings is 1. The summed E-state index contributed by atoms with van der Waals surface area (Å²) in [6.07, 6.45) is -4.35. The Morgan fingerprint density at radius 2 is 1.90 bits per heavy atom. The van der Waals surface area contributed by atoms with Gasteiger partial charge in [0.25, 0.3) is 0 Å². The summed E-state index contributed by atoms with van der Waals surface area (Å²) in [5.41, 5.74) is 6.85. The lowest BCUT2D eigenvalue weighted by Gasteiger charge is -2.18. The number of halogens is 2. The minimum Gasteiger partial charge on any atom is -0.394 e. The number of fused-ring (bicyclic) bond motifs is 1. The fraction of sp³-hybridized carbons (Fsp3) is 0.417. The van der Waals surface area contributed by atoms with Crippen LogP contribution in [-0.4, -0.2) is 49.8 Å². The van der Waals surface area contributed by atoms with Crippen LogP contribution in [-0.2, 0) is 4.74 Å². The molecule has 1 aliphatic rings. The van der Waals surface area contributed by atoms with Crippen molar-refractivity contribution >= 4 is 40.2 Å². The van der Waals surface area contributed by atoms with E-state index in [0.717, 1.165) is 0 Å². The van der Waals surface area contributed by atoms with Crippen molar-refractivity contribution in [3.05, 3.63) is 22.2 Å². The molecule has 0 bridgehead atoms. The molecule has 1 aliphatic heterocycles. The van der Waals surface area contributed by atoms with E-state index in [1.165, 1.54) is 4.57 Å². The first-order valence-corrected chi connectivity index (χ1v) is 6.94. The van der Waals surface area contributed by atoms with Crippen molar-refractivity contribution in [3.63, 3.8) is 0 Å². The number of anilines is 1. The predicted molar refractivity (Wildman–Crippen MR) is 77.2 cm³/mol. The summed E-state index contributed by atoms with van der Waals surface area (Å²) >= 11 is 11.9. The molecule has 1 fully saturated rings. The average Bonchev–Trinajstić information content (AvgIpc) is 2.89. The number of hydrogen-bond acceptors (Lipinski definition) is 6. The van der Waals surface area contributed by atoms with E-state index in [4.69, 9.17) is 38.8 Å². The Bertz CT molecular complexity index is 693. The third-order valence-corrected chi connectivity index (χ3v) is 4.25. The van der Waals surface area contributed by atoms with Crippen LogP contribution in [0.3, 0.4) is 0 Å². The highest BCUT2D eigenvalue weighted by atomic mass is 35.5. The fourth-order valence-corrected chi connectivity index (χ4v) is 2.79. The highest BCUT2D eigenvalue weighted by Crippen LogP contribution is 2.36. The van der Waals surface area contributed by atoms with Gasteiger partial charge in [-0.2, -0.15) is 0 Å². The standard InChI is InChI=1S/C12H13Cl2N3O4/c13-4-1-6-7(2-5(4)14)17(12(15)16-6)11-10(20)9(19)8(3-18)21-11/h1-2,8-11,18-20H,3H2,(H2,15,16)/t8-,9-,10-,11?/m1/s1. The molecule has 0 saturated carbocycles. The molecule has 114 valence electrons. The Hall–Kier alpha value is -1.09. The van der Waals surface area contributed by atoms with Gasteiger partial charge in [0.2, 0.25) is 5.95 Å². The molecule has 0 amide bonds. The van der Waals surface area contributed by atoms with Gasteiger partial charge in [-0.05, 0) is 12.1 Å². The number of aliphatic hydroxyl groups excluding tert-OH is 3. The monoisotopic (exact) mass is 333 g/mol. The third-order valence-electron chi connectivity index (χ3n) is 3.53. The highest BCUT2D eigenvalue weighted by Gasteiger charge is 2.44. The molecule has 1 saturated heterocycles. The van der Waals surface area contributed by atoms with Crippen molar-refractivity contribution in [2.24, 2.45) is 0 Å². The maximum Gasteiger partial charge on any atom is 0.203 e. The van der Waals surface area contributed by atoms with Gasteiger partial charge in [0.05, 0.1) is 27.7 Å². The molecule has 2 aromatic rings. The van der Waals surface area contributed by atoms with Crippen LogP contribution in [0.25, 0.3) is 11.0 Å². The van der Waals surface area contributed by atoms with E-state index in [1.54, 1.807) is 12.1 Å². The molecule has 7 nitrogen and oxygen atoms in total. The number of nitrogens with two attached hydrogens (primary N) is 1. The number of ether oxygens (including phenoxy) is 1.